The van der Waals surface area contributed by atoms with E-state index in [1.54, 1.807) is 0 Å². The summed E-state index contributed by atoms with van der Waals surface area (Å²) in [6, 6.07) is 0. The maximum absolute atomic E-state index is 11.6. The van der Waals surface area contributed by atoms with E-state index in [4.69, 9.17) is 0 Å². The van der Waals surface area contributed by atoms with Crippen LogP contribution in [0.1, 0.15) is 6.42 Å². The third kappa shape index (κ3) is 0.518. The molecule has 0 radical (unpaired) electrons. The second-order valence-electron chi connectivity index (χ2n) is 1.59. The van der Waals surface area contributed by atoms with Crippen LogP contribution >= 0.6 is 0 Å². The van der Waals surface area contributed by atoms with Crippen LogP contribution in [0.5, 0.6) is 0 Å². The third-order valence-corrected chi connectivity index (χ3v) is 1.02. The number of hydrogen-bond donors (Lipinski definition) is 0. The van der Waals surface area contributed by atoms with E-state index in [0.717, 1.165) is 0 Å². The molecule has 0 N–H and O–H groups in total. The summed E-state index contributed by atoms with van der Waals surface area (Å²) in [5, 5.41) is 0. The average molecular weight is 106 g/mol. The van der Waals surface area contributed by atoms with E-state index in [1.165, 1.54) is 0 Å². The average Bonchev–Trinajstić information content (AvgIpc) is 1.68. The van der Waals surface area contributed by atoms with Crippen LogP contribution in [0.15, 0.2) is 0 Å². The molecule has 1 saturated carbocycles. The van der Waals surface area contributed by atoms with Gasteiger partial charge in [0.2, 0.25) is 0 Å². The van der Waals surface area contributed by atoms with Crippen LogP contribution in [0.4, 0.5) is 8.78 Å². The van der Waals surface area contributed by atoms with E-state index in [1.807, 2.05) is 0 Å². The topological polar surface area (TPSA) is 17.1 Å². The van der Waals surface area contributed by atoms with Gasteiger partial charge in [0.05, 0.1) is 0 Å². The lowest BCUT2D eigenvalue weighted by atomic mass is 9.94. The third-order valence-electron chi connectivity index (χ3n) is 1.02. The van der Waals surface area contributed by atoms with Crippen LogP contribution in [-0.4, -0.2) is 18.1 Å². The molecule has 3 heteroatoms. The number of rotatable bonds is 0. The van der Waals surface area contributed by atoms with Crippen molar-refractivity contribution in [2.45, 2.75) is 18.8 Å². The fourth-order valence-corrected chi connectivity index (χ4v) is 0.449. The van der Waals surface area contributed by atoms with Gasteiger partial charge >= 0.3 is 0 Å². The highest BCUT2D eigenvalue weighted by molar-refractivity contribution is 5.90. The standard InChI is InChI=1S/C4H4F2O/c5-2-1-3(7)4(2)6/h2,4H,1H2. The molecule has 0 bridgehead atoms. The molecule has 1 nitrogen and oxygen atoms in total. The van der Waals surface area contributed by atoms with Crippen molar-refractivity contribution in [2.75, 3.05) is 0 Å². The van der Waals surface area contributed by atoms with Crippen molar-refractivity contribution >= 4 is 5.78 Å². The summed E-state index contributed by atoms with van der Waals surface area (Å²) in [6.45, 7) is 0. The zero-order chi connectivity index (χ0) is 5.44. The predicted octanol–water partition coefficient (Wildman–Crippen LogP) is 0.635. The zero-order valence-corrected chi connectivity index (χ0v) is 3.53. The molecule has 2 unspecified atom stereocenters. The van der Waals surface area contributed by atoms with Crippen molar-refractivity contribution in [3.63, 3.8) is 0 Å². The van der Waals surface area contributed by atoms with Gasteiger partial charge in [-0.3, -0.25) is 4.79 Å². The molecule has 0 amide bonds. The van der Waals surface area contributed by atoms with E-state index >= 15 is 0 Å². The van der Waals surface area contributed by atoms with E-state index in [2.05, 4.69) is 0 Å². The SMILES string of the molecule is O=C1CC(F)C1F. The molecule has 0 saturated heterocycles. The van der Waals surface area contributed by atoms with Crippen LogP contribution in [0, 0.1) is 0 Å². The van der Waals surface area contributed by atoms with E-state index in [-0.39, 0.29) is 6.42 Å². The molecule has 1 aliphatic rings. The maximum Gasteiger partial charge on any atom is 0.189 e. The van der Waals surface area contributed by atoms with Crippen LogP contribution in [0.25, 0.3) is 0 Å². The molecular formula is C4H4F2O. The van der Waals surface area contributed by atoms with Gasteiger partial charge in [-0.2, -0.15) is 0 Å². The fraction of sp³-hybridized carbons (Fsp3) is 0.750. The van der Waals surface area contributed by atoms with Gasteiger partial charge in [0, 0.05) is 6.42 Å². The number of ketones is 1. The van der Waals surface area contributed by atoms with Gasteiger partial charge < -0.3 is 0 Å². The molecule has 0 aliphatic heterocycles. The highest BCUT2D eigenvalue weighted by Crippen LogP contribution is 2.21. The van der Waals surface area contributed by atoms with Gasteiger partial charge in [0.25, 0.3) is 0 Å². The summed E-state index contributed by atoms with van der Waals surface area (Å²) < 4.78 is 23.1. The Labute approximate surface area is 39.3 Å². The van der Waals surface area contributed by atoms with Crippen molar-refractivity contribution in [1.82, 2.24) is 0 Å². The van der Waals surface area contributed by atoms with Crippen molar-refractivity contribution in [1.29, 1.82) is 0 Å². The van der Waals surface area contributed by atoms with E-state index < -0.39 is 18.1 Å². The Morgan fingerprint density at radius 1 is 1.57 bits per heavy atom. The summed E-state index contributed by atoms with van der Waals surface area (Å²) in [4.78, 5) is 9.83. The normalized spacial score (nSPS) is 40.6. The van der Waals surface area contributed by atoms with Crippen LogP contribution < -0.4 is 0 Å². The first-order valence-corrected chi connectivity index (χ1v) is 2.02. The first-order valence-electron chi connectivity index (χ1n) is 2.02. The molecule has 1 fully saturated rings. The minimum atomic E-state index is -1.81. The van der Waals surface area contributed by atoms with Crippen LogP contribution in [-0.2, 0) is 4.79 Å². The minimum absolute atomic E-state index is 0.221. The molecule has 0 aromatic carbocycles. The molecule has 0 heterocycles. The Bertz CT molecular complexity index is 102. The van der Waals surface area contributed by atoms with E-state index in [9.17, 15) is 13.6 Å². The fourth-order valence-electron chi connectivity index (χ4n) is 0.449. The van der Waals surface area contributed by atoms with Gasteiger partial charge in [-0.05, 0) is 0 Å². The quantitative estimate of drug-likeness (QED) is 0.442. The number of hydrogen-bond acceptors (Lipinski definition) is 1. The predicted molar refractivity (Wildman–Crippen MR) is 19.4 cm³/mol. The highest BCUT2D eigenvalue weighted by Gasteiger charge is 2.40. The highest BCUT2D eigenvalue weighted by atomic mass is 19.2. The Kier molecular flexibility index (Phi) is 0.836. The first kappa shape index (κ1) is 4.68. The number of Topliss-reactive ketones (excluding diaryl/α,β-unsaturated/α-hetero) is 1. The number of carbonyl (C=O) groups excluding carboxylic acids is 1. The summed E-state index contributed by atoms with van der Waals surface area (Å²) >= 11 is 0. The monoisotopic (exact) mass is 106 g/mol. The Hall–Kier alpha value is -0.470. The lowest BCUT2D eigenvalue weighted by Crippen LogP contribution is -2.40. The van der Waals surface area contributed by atoms with Crippen molar-refractivity contribution in [3.8, 4) is 0 Å². The molecule has 1 aliphatic carbocycles. The number of alkyl halides is 2. The lowest BCUT2D eigenvalue weighted by Gasteiger charge is -2.20. The van der Waals surface area contributed by atoms with Crippen LogP contribution in [0.2, 0.25) is 0 Å². The van der Waals surface area contributed by atoms with Crippen molar-refractivity contribution in [3.05, 3.63) is 0 Å². The summed E-state index contributed by atoms with van der Waals surface area (Å²) in [6.07, 6.45) is -3.53. The Morgan fingerprint density at radius 3 is 2.14 bits per heavy atom. The Balaban J connectivity index is 2.43. The molecule has 0 aromatic heterocycles. The summed E-state index contributed by atoms with van der Waals surface area (Å²) in [5.74, 6) is -0.604. The molecule has 2 atom stereocenters. The molecule has 1 rings (SSSR count). The van der Waals surface area contributed by atoms with Crippen LogP contribution in [0.3, 0.4) is 0 Å². The number of carbonyl (C=O) groups is 1. The largest absolute Gasteiger partial charge is 0.296 e. The second kappa shape index (κ2) is 1.25. The smallest absolute Gasteiger partial charge is 0.189 e. The summed E-state index contributed by atoms with van der Waals surface area (Å²) in [7, 11) is 0. The molecule has 40 valence electrons. The number of halogens is 2. The van der Waals surface area contributed by atoms with Gasteiger partial charge in [0.15, 0.2) is 12.0 Å². The minimum Gasteiger partial charge on any atom is -0.296 e. The maximum atomic E-state index is 11.6. The molecular weight excluding hydrogens is 102 g/mol. The molecule has 0 spiro atoms. The molecule has 0 aromatic rings. The van der Waals surface area contributed by atoms with Gasteiger partial charge in [0.1, 0.15) is 6.17 Å². The first-order chi connectivity index (χ1) is 3.22. The van der Waals surface area contributed by atoms with Gasteiger partial charge in [-0.1, -0.05) is 0 Å². The zero-order valence-electron chi connectivity index (χ0n) is 3.53. The van der Waals surface area contributed by atoms with Gasteiger partial charge in [-0.15, -0.1) is 0 Å². The summed E-state index contributed by atoms with van der Waals surface area (Å²) in [5.41, 5.74) is 0. The molecule has 7 heavy (non-hydrogen) atoms. The van der Waals surface area contributed by atoms with Crippen molar-refractivity contribution in [2.24, 2.45) is 0 Å². The Morgan fingerprint density at radius 2 is 2.14 bits per heavy atom. The van der Waals surface area contributed by atoms with Crippen molar-refractivity contribution < 1.29 is 13.6 Å². The lowest BCUT2D eigenvalue weighted by molar-refractivity contribution is -0.136. The second-order valence-corrected chi connectivity index (χ2v) is 1.59. The van der Waals surface area contributed by atoms with E-state index in [0.29, 0.717) is 0 Å². The van der Waals surface area contributed by atoms with Gasteiger partial charge in [-0.25, -0.2) is 8.78 Å².